The standard InChI is InChI=1S/C8H16S/c1-7-3-4-8(5-7)6-9-2/h7-8H,3-6H2,1-2H3. The number of rotatable bonds is 2. The maximum atomic E-state index is 2.38. The van der Waals surface area contributed by atoms with E-state index in [1.807, 2.05) is 11.8 Å². The Kier molecular flexibility index (Phi) is 2.90. The Morgan fingerprint density at radius 1 is 1.44 bits per heavy atom. The highest BCUT2D eigenvalue weighted by Gasteiger charge is 2.19. The second kappa shape index (κ2) is 3.50. The summed E-state index contributed by atoms with van der Waals surface area (Å²) in [6.07, 6.45) is 6.66. The van der Waals surface area contributed by atoms with Crippen molar-refractivity contribution in [3.05, 3.63) is 0 Å². The maximum Gasteiger partial charge on any atom is -0.00418 e. The molecule has 54 valence electrons. The van der Waals surface area contributed by atoms with E-state index in [4.69, 9.17) is 0 Å². The molecule has 0 saturated heterocycles. The first-order valence-electron chi connectivity index (χ1n) is 3.82. The van der Waals surface area contributed by atoms with Crippen LogP contribution in [-0.2, 0) is 0 Å². The quantitative estimate of drug-likeness (QED) is 0.574. The van der Waals surface area contributed by atoms with Gasteiger partial charge in [-0.1, -0.05) is 13.3 Å². The lowest BCUT2D eigenvalue weighted by Crippen LogP contribution is -1.96. The van der Waals surface area contributed by atoms with E-state index < -0.39 is 0 Å². The third-order valence-electron chi connectivity index (χ3n) is 2.21. The molecule has 1 aliphatic rings. The van der Waals surface area contributed by atoms with Crippen molar-refractivity contribution in [3.63, 3.8) is 0 Å². The summed E-state index contributed by atoms with van der Waals surface area (Å²) in [6.45, 7) is 2.38. The minimum atomic E-state index is 1.02. The van der Waals surface area contributed by atoms with Crippen LogP contribution in [0, 0.1) is 11.8 Å². The highest BCUT2D eigenvalue weighted by Crippen LogP contribution is 2.31. The van der Waals surface area contributed by atoms with Gasteiger partial charge in [-0.2, -0.15) is 11.8 Å². The van der Waals surface area contributed by atoms with Crippen molar-refractivity contribution in [1.82, 2.24) is 0 Å². The van der Waals surface area contributed by atoms with Crippen LogP contribution >= 0.6 is 11.8 Å². The summed E-state index contributed by atoms with van der Waals surface area (Å²) >= 11 is 2.00. The predicted octanol–water partition coefficient (Wildman–Crippen LogP) is 2.79. The molecule has 0 N–H and O–H groups in total. The Morgan fingerprint density at radius 2 is 2.22 bits per heavy atom. The third kappa shape index (κ3) is 2.21. The monoisotopic (exact) mass is 144 g/mol. The topological polar surface area (TPSA) is 0 Å². The van der Waals surface area contributed by atoms with Gasteiger partial charge in [-0.15, -0.1) is 0 Å². The summed E-state index contributed by atoms with van der Waals surface area (Å²) in [4.78, 5) is 0. The van der Waals surface area contributed by atoms with Crippen molar-refractivity contribution in [2.24, 2.45) is 11.8 Å². The number of thioether (sulfide) groups is 1. The molecule has 1 aliphatic carbocycles. The van der Waals surface area contributed by atoms with Crippen LogP contribution in [0.5, 0.6) is 0 Å². The molecule has 0 aliphatic heterocycles. The highest BCUT2D eigenvalue weighted by atomic mass is 32.2. The predicted molar refractivity (Wildman–Crippen MR) is 44.9 cm³/mol. The summed E-state index contributed by atoms with van der Waals surface area (Å²) in [7, 11) is 0. The van der Waals surface area contributed by atoms with E-state index >= 15 is 0 Å². The van der Waals surface area contributed by atoms with Crippen LogP contribution in [-0.4, -0.2) is 12.0 Å². The fourth-order valence-corrected chi connectivity index (χ4v) is 2.49. The van der Waals surface area contributed by atoms with Crippen molar-refractivity contribution in [3.8, 4) is 0 Å². The van der Waals surface area contributed by atoms with Crippen LogP contribution < -0.4 is 0 Å². The summed E-state index contributed by atoms with van der Waals surface area (Å²) in [6, 6.07) is 0. The van der Waals surface area contributed by atoms with Crippen molar-refractivity contribution >= 4 is 11.8 Å². The molecule has 1 rings (SSSR count). The van der Waals surface area contributed by atoms with Gasteiger partial charge in [-0.05, 0) is 36.7 Å². The fraction of sp³-hybridized carbons (Fsp3) is 1.00. The summed E-state index contributed by atoms with van der Waals surface area (Å²) in [5, 5.41) is 0. The van der Waals surface area contributed by atoms with Gasteiger partial charge in [0.1, 0.15) is 0 Å². The number of hydrogen-bond acceptors (Lipinski definition) is 1. The molecule has 0 aromatic rings. The van der Waals surface area contributed by atoms with E-state index in [1.54, 1.807) is 0 Å². The minimum absolute atomic E-state index is 1.02. The maximum absolute atomic E-state index is 2.38. The molecule has 0 heterocycles. The Hall–Kier alpha value is 0.350. The second-order valence-corrected chi connectivity index (χ2v) is 4.15. The first kappa shape index (κ1) is 7.46. The largest absolute Gasteiger partial charge is 0.165 e. The Balaban J connectivity index is 2.14. The van der Waals surface area contributed by atoms with Gasteiger partial charge in [0.15, 0.2) is 0 Å². The van der Waals surface area contributed by atoms with E-state index in [9.17, 15) is 0 Å². The van der Waals surface area contributed by atoms with Gasteiger partial charge in [-0.25, -0.2) is 0 Å². The Labute approximate surface area is 62.4 Å². The molecule has 0 spiro atoms. The van der Waals surface area contributed by atoms with Crippen LogP contribution in [0.3, 0.4) is 0 Å². The van der Waals surface area contributed by atoms with Gasteiger partial charge < -0.3 is 0 Å². The molecular formula is C8H16S. The van der Waals surface area contributed by atoms with Gasteiger partial charge in [0.05, 0.1) is 0 Å². The van der Waals surface area contributed by atoms with Gasteiger partial charge >= 0.3 is 0 Å². The van der Waals surface area contributed by atoms with E-state index in [-0.39, 0.29) is 0 Å². The Bertz CT molecular complexity index is 78.6. The van der Waals surface area contributed by atoms with E-state index in [0.29, 0.717) is 0 Å². The zero-order chi connectivity index (χ0) is 6.69. The molecule has 1 heteroatoms. The first-order valence-corrected chi connectivity index (χ1v) is 5.21. The third-order valence-corrected chi connectivity index (χ3v) is 3.01. The molecule has 0 amide bonds. The van der Waals surface area contributed by atoms with Crippen LogP contribution in [0.4, 0.5) is 0 Å². The molecule has 0 bridgehead atoms. The van der Waals surface area contributed by atoms with Gasteiger partial charge in [0, 0.05) is 0 Å². The van der Waals surface area contributed by atoms with Crippen molar-refractivity contribution in [1.29, 1.82) is 0 Å². The second-order valence-electron chi connectivity index (χ2n) is 3.24. The van der Waals surface area contributed by atoms with E-state index in [2.05, 4.69) is 13.2 Å². The van der Waals surface area contributed by atoms with Crippen molar-refractivity contribution in [2.45, 2.75) is 26.2 Å². The lowest BCUT2D eigenvalue weighted by Gasteiger charge is -2.04. The van der Waals surface area contributed by atoms with Gasteiger partial charge in [0.25, 0.3) is 0 Å². The molecular weight excluding hydrogens is 128 g/mol. The first-order chi connectivity index (χ1) is 4.33. The summed E-state index contributed by atoms with van der Waals surface area (Å²) in [5.74, 6) is 3.46. The molecule has 0 aromatic heterocycles. The van der Waals surface area contributed by atoms with Crippen LogP contribution in [0.1, 0.15) is 26.2 Å². The molecule has 0 radical (unpaired) electrons. The van der Waals surface area contributed by atoms with Crippen molar-refractivity contribution in [2.75, 3.05) is 12.0 Å². The van der Waals surface area contributed by atoms with Crippen LogP contribution in [0.25, 0.3) is 0 Å². The zero-order valence-corrected chi connectivity index (χ0v) is 7.21. The molecule has 2 unspecified atom stereocenters. The van der Waals surface area contributed by atoms with Crippen LogP contribution in [0.2, 0.25) is 0 Å². The molecule has 1 fully saturated rings. The normalized spacial score (nSPS) is 35.3. The van der Waals surface area contributed by atoms with Gasteiger partial charge in [-0.3, -0.25) is 0 Å². The molecule has 0 nitrogen and oxygen atoms in total. The Morgan fingerprint density at radius 3 is 2.67 bits per heavy atom. The molecule has 1 saturated carbocycles. The van der Waals surface area contributed by atoms with Gasteiger partial charge in [0.2, 0.25) is 0 Å². The molecule has 9 heavy (non-hydrogen) atoms. The molecule has 0 aromatic carbocycles. The lowest BCUT2D eigenvalue weighted by atomic mass is 10.1. The fourth-order valence-electron chi connectivity index (χ4n) is 1.71. The zero-order valence-electron chi connectivity index (χ0n) is 6.39. The highest BCUT2D eigenvalue weighted by molar-refractivity contribution is 7.98. The lowest BCUT2D eigenvalue weighted by molar-refractivity contribution is 0.562. The van der Waals surface area contributed by atoms with Crippen molar-refractivity contribution < 1.29 is 0 Å². The SMILES string of the molecule is CSCC1CCC(C)C1. The van der Waals surface area contributed by atoms with E-state index in [0.717, 1.165) is 11.8 Å². The van der Waals surface area contributed by atoms with Crippen LogP contribution in [0.15, 0.2) is 0 Å². The average molecular weight is 144 g/mol. The minimum Gasteiger partial charge on any atom is -0.165 e. The smallest absolute Gasteiger partial charge is 0.00418 e. The summed E-state index contributed by atoms with van der Waals surface area (Å²) in [5.41, 5.74) is 0. The number of hydrogen-bond donors (Lipinski definition) is 0. The van der Waals surface area contributed by atoms with E-state index in [1.165, 1.54) is 25.0 Å². The summed E-state index contributed by atoms with van der Waals surface area (Å²) < 4.78 is 0. The average Bonchev–Trinajstić information content (AvgIpc) is 2.17. The molecule has 2 atom stereocenters.